The first-order valence-corrected chi connectivity index (χ1v) is 9.31. The molecule has 0 saturated carbocycles. The second-order valence-electron chi connectivity index (χ2n) is 5.40. The van der Waals surface area contributed by atoms with Crippen LogP contribution in [0.25, 0.3) is 0 Å². The molecule has 1 saturated heterocycles. The van der Waals surface area contributed by atoms with Crippen molar-refractivity contribution < 1.29 is 8.42 Å². The summed E-state index contributed by atoms with van der Waals surface area (Å²) in [5.41, 5.74) is 1.09. The highest BCUT2D eigenvalue weighted by Crippen LogP contribution is 2.24. The summed E-state index contributed by atoms with van der Waals surface area (Å²) in [6.07, 6.45) is 3.27. The molecule has 2 unspecified atom stereocenters. The van der Waals surface area contributed by atoms with Crippen molar-refractivity contribution in [1.82, 2.24) is 5.32 Å². The third-order valence-corrected chi connectivity index (χ3v) is 6.47. The number of nitrogens with one attached hydrogen (secondary N) is 1. The van der Waals surface area contributed by atoms with Gasteiger partial charge < -0.3 is 5.32 Å². The van der Waals surface area contributed by atoms with Crippen LogP contribution >= 0.6 is 11.6 Å². The Labute approximate surface area is 126 Å². The van der Waals surface area contributed by atoms with Crippen molar-refractivity contribution in [3.05, 3.63) is 34.9 Å². The van der Waals surface area contributed by atoms with Crippen LogP contribution in [0.2, 0.25) is 5.02 Å². The SMILES string of the molecule is CCNC(Cc1cccc(Cl)c1)C1CCCCS1(=O)=O. The van der Waals surface area contributed by atoms with Gasteiger partial charge in [0.15, 0.2) is 9.84 Å². The van der Waals surface area contributed by atoms with E-state index in [1.54, 1.807) is 0 Å². The molecule has 1 aromatic carbocycles. The molecule has 1 aromatic rings. The third kappa shape index (κ3) is 3.96. The largest absolute Gasteiger partial charge is 0.313 e. The monoisotopic (exact) mass is 315 g/mol. The topological polar surface area (TPSA) is 46.2 Å². The lowest BCUT2D eigenvalue weighted by Crippen LogP contribution is -2.47. The number of hydrogen-bond acceptors (Lipinski definition) is 3. The van der Waals surface area contributed by atoms with Gasteiger partial charge in [-0.3, -0.25) is 0 Å². The quantitative estimate of drug-likeness (QED) is 0.909. The van der Waals surface area contributed by atoms with Crippen molar-refractivity contribution in [1.29, 1.82) is 0 Å². The minimum absolute atomic E-state index is 0.0243. The van der Waals surface area contributed by atoms with E-state index >= 15 is 0 Å². The molecule has 0 amide bonds. The average Bonchev–Trinajstić information content (AvgIpc) is 2.38. The summed E-state index contributed by atoms with van der Waals surface area (Å²) < 4.78 is 24.6. The van der Waals surface area contributed by atoms with Crippen LogP contribution in [0.4, 0.5) is 0 Å². The Morgan fingerprint density at radius 1 is 1.40 bits per heavy atom. The van der Waals surface area contributed by atoms with Gasteiger partial charge in [0.2, 0.25) is 0 Å². The van der Waals surface area contributed by atoms with E-state index < -0.39 is 9.84 Å². The van der Waals surface area contributed by atoms with E-state index in [9.17, 15) is 8.42 Å². The zero-order chi connectivity index (χ0) is 14.6. The Hall–Kier alpha value is -0.580. The van der Waals surface area contributed by atoms with Crippen LogP contribution in [0.15, 0.2) is 24.3 Å². The van der Waals surface area contributed by atoms with Crippen molar-refractivity contribution in [2.45, 2.75) is 43.9 Å². The molecule has 3 nitrogen and oxygen atoms in total. The molecule has 112 valence electrons. The normalized spacial score (nSPS) is 23.4. The fourth-order valence-electron chi connectivity index (χ4n) is 2.95. The van der Waals surface area contributed by atoms with Gasteiger partial charge in [0.1, 0.15) is 0 Å². The Bertz CT molecular complexity index is 545. The molecule has 0 spiro atoms. The van der Waals surface area contributed by atoms with Crippen molar-refractivity contribution in [2.24, 2.45) is 0 Å². The van der Waals surface area contributed by atoms with Gasteiger partial charge in [0.05, 0.1) is 11.0 Å². The average molecular weight is 316 g/mol. The van der Waals surface area contributed by atoms with Gasteiger partial charge in [-0.05, 0) is 43.5 Å². The number of rotatable bonds is 5. The molecular weight excluding hydrogens is 294 g/mol. The summed E-state index contributed by atoms with van der Waals surface area (Å²) in [6.45, 7) is 2.79. The number of sulfone groups is 1. The molecule has 1 aliphatic heterocycles. The standard InChI is InChI=1S/C15H22ClNO2S/c1-2-17-14(11-12-6-5-7-13(16)10-12)15-8-3-4-9-20(15,18)19/h5-7,10,14-15,17H,2-4,8-9,11H2,1H3. The fourth-order valence-corrected chi connectivity index (χ4v) is 5.29. The Balaban J connectivity index is 2.18. The second kappa shape index (κ2) is 6.92. The van der Waals surface area contributed by atoms with Crippen LogP contribution in [0.5, 0.6) is 0 Å². The molecule has 1 fully saturated rings. The maximum Gasteiger partial charge on any atom is 0.154 e. The summed E-state index contributed by atoms with van der Waals surface area (Å²) in [5.74, 6) is 0.328. The molecule has 1 heterocycles. The van der Waals surface area contributed by atoms with E-state index in [0.717, 1.165) is 31.4 Å². The van der Waals surface area contributed by atoms with Gasteiger partial charge in [-0.2, -0.15) is 0 Å². The van der Waals surface area contributed by atoms with Crippen molar-refractivity contribution >= 4 is 21.4 Å². The zero-order valence-corrected chi connectivity index (χ0v) is 13.4. The highest BCUT2D eigenvalue weighted by molar-refractivity contribution is 7.92. The molecule has 2 atom stereocenters. The molecule has 1 aliphatic rings. The summed E-state index contributed by atoms with van der Waals surface area (Å²) in [4.78, 5) is 0. The molecule has 20 heavy (non-hydrogen) atoms. The lowest BCUT2D eigenvalue weighted by molar-refractivity contribution is 0.441. The summed E-state index contributed by atoms with van der Waals surface area (Å²) in [7, 11) is -2.97. The molecular formula is C15H22ClNO2S. The molecule has 5 heteroatoms. The number of likely N-dealkylation sites (N-methyl/N-ethyl adjacent to an activating group) is 1. The maximum atomic E-state index is 12.3. The first-order chi connectivity index (χ1) is 9.53. The summed E-state index contributed by atoms with van der Waals surface area (Å²) >= 11 is 6.01. The Morgan fingerprint density at radius 2 is 2.20 bits per heavy atom. The highest BCUT2D eigenvalue weighted by atomic mass is 35.5. The van der Waals surface area contributed by atoms with E-state index in [-0.39, 0.29) is 11.3 Å². The van der Waals surface area contributed by atoms with Crippen LogP contribution < -0.4 is 5.32 Å². The second-order valence-corrected chi connectivity index (χ2v) is 8.18. The number of benzene rings is 1. The van der Waals surface area contributed by atoms with Gasteiger partial charge in [0.25, 0.3) is 0 Å². The third-order valence-electron chi connectivity index (χ3n) is 3.89. The molecule has 0 aliphatic carbocycles. The van der Waals surface area contributed by atoms with Crippen molar-refractivity contribution in [2.75, 3.05) is 12.3 Å². The maximum absolute atomic E-state index is 12.3. The van der Waals surface area contributed by atoms with Crippen LogP contribution in [-0.2, 0) is 16.3 Å². The minimum atomic E-state index is -2.97. The van der Waals surface area contributed by atoms with E-state index in [1.807, 2.05) is 31.2 Å². The first-order valence-electron chi connectivity index (χ1n) is 7.22. The van der Waals surface area contributed by atoms with Crippen LogP contribution in [-0.4, -0.2) is 32.0 Å². The fraction of sp³-hybridized carbons (Fsp3) is 0.600. The van der Waals surface area contributed by atoms with Crippen molar-refractivity contribution in [3.8, 4) is 0 Å². The van der Waals surface area contributed by atoms with Crippen molar-refractivity contribution in [3.63, 3.8) is 0 Å². The zero-order valence-electron chi connectivity index (χ0n) is 11.8. The predicted molar refractivity (Wildman–Crippen MR) is 84.0 cm³/mol. The van der Waals surface area contributed by atoms with Gasteiger partial charge in [-0.15, -0.1) is 0 Å². The van der Waals surface area contributed by atoms with Gasteiger partial charge in [-0.25, -0.2) is 8.42 Å². The summed E-state index contributed by atoms with van der Waals surface area (Å²) in [6, 6.07) is 7.65. The smallest absolute Gasteiger partial charge is 0.154 e. The van der Waals surface area contributed by atoms with Gasteiger partial charge in [-0.1, -0.05) is 37.1 Å². The Kier molecular flexibility index (Phi) is 5.47. The van der Waals surface area contributed by atoms with Crippen LogP contribution in [0.1, 0.15) is 31.7 Å². The van der Waals surface area contributed by atoms with Gasteiger partial charge in [0, 0.05) is 11.1 Å². The number of halogens is 1. The molecule has 2 rings (SSSR count). The molecule has 0 aromatic heterocycles. The van der Waals surface area contributed by atoms with Crippen LogP contribution in [0, 0.1) is 0 Å². The van der Waals surface area contributed by atoms with E-state index in [1.165, 1.54) is 0 Å². The molecule has 1 N–H and O–H groups in total. The van der Waals surface area contributed by atoms with E-state index in [0.29, 0.717) is 17.2 Å². The van der Waals surface area contributed by atoms with E-state index in [2.05, 4.69) is 5.32 Å². The van der Waals surface area contributed by atoms with E-state index in [4.69, 9.17) is 11.6 Å². The molecule has 0 radical (unpaired) electrons. The Morgan fingerprint density at radius 3 is 2.85 bits per heavy atom. The van der Waals surface area contributed by atoms with Gasteiger partial charge >= 0.3 is 0 Å². The highest BCUT2D eigenvalue weighted by Gasteiger charge is 2.35. The predicted octanol–water partition coefficient (Wildman–Crippen LogP) is 2.83. The molecule has 0 bridgehead atoms. The lowest BCUT2D eigenvalue weighted by Gasteiger charge is -2.30. The van der Waals surface area contributed by atoms with Crippen LogP contribution in [0.3, 0.4) is 0 Å². The number of hydrogen-bond donors (Lipinski definition) is 1. The first kappa shape index (κ1) is 15.8. The summed E-state index contributed by atoms with van der Waals surface area (Å²) in [5, 5.41) is 3.78. The minimum Gasteiger partial charge on any atom is -0.313 e. The lowest BCUT2D eigenvalue weighted by atomic mass is 9.99.